The van der Waals surface area contributed by atoms with Crippen LogP contribution in [-0.4, -0.2) is 58.2 Å². The highest BCUT2D eigenvalue weighted by Gasteiger charge is 2.21. The lowest BCUT2D eigenvalue weighted by molar-refractivity contribution is -0.125. The Morgan fingerprint density at radius 2 is 2.07 bits per heavy atom. The van der Waals surface area contributed by atoms with Crippen LogP contribution in [0.15, 0.2) is 36.8 Å². The Hall–Kier alpha value is -4.04. The van der Waals surface area contributed by atoms with E-state index in [-0.39, 0.29) is 5.91 Å². The smallest absolute Gasteiger partial charge is 0.298 e. The van der Waals surface area contributed by atoms with Gasteiger partial charge in [-0.15, -0.1) is 6.42 Å². The van der Waals surface area contributed by atoms with Gasteiger partial charge in [-0.2, -0.15) is 10.4 Å². The third kappa shape index (κ3) is 3.51. The van der Waals surface area contributed by atoms with Crippen LogP contribution in [-0.2, 0) is 4.79 Å². The first-order valence-corrected chi connectivity index (χ1v) is 9.65. The second-order valence-electron chi connectivity index (χ2n) is 6.81. The molecule has 4 heterocycles. The number of hydrogen-bond acceptors (Lipinski definition) is 6. The van der Waals surface area contributed by atoms with Crippen LogP contribution in [0.3, 0.4) is 0 Å². The normalized spacial score (nSPS) is 13.7. The van der Waals surface area contributed by atoms with E-state index in [1.165, 1.54) is 0 Å². The number of carbonyl (C=O) groups is 1. The molecule has 8 heteroatoms. The third-order valence-electron chi connectivity index (χ3n) is 5.09. The molecule has 8 nitrogen and oxygen atoms in total. The van der Waals surface area contributed by atoms with Gasteiger partial charge in [0.05, 0.1) is 30.1 Å². The van der Waals surface area contributed by atoms with Gasteiger partial charge in [0.1, 0.15) is 17.6 Å². The monoisotopic (exact) mass is 400 g/mol. The maximum Gasteiger partial charge on any atom is 0.298 e. The van der Waals surface area contributed by atoms with Crippen molar-refractivity contribution in [3.8, 4) is 35.3 Å². The van der Waals surface area contributed by atoms with Gasteiger partial charge in [-0.1, -0.05) is 0 Å². The summed E-state index contributed by atoms with van der Waals surface area (Å²) in [6.45, 7) is 4.94. The number of piperazine rings is 1. The number of pyridine rings is 2. The molecule has 1 amide bonds. The Kier molecular flexibility index (Phi) is 5.23. The van der Waals surface area contributed by atoms with E-state index in [1.807, 2.05) is 25.1 Å². The van der Waals surface area contributed by atoms with Gasteiger partial charge in [-0.3, -0.25) is 4.79 Å². The minimum atomic E-state index is -0.273. The summed E-state index contributed by atoms with van der Waals surface area (Å²) >= 11 is 0. The lowest BCUT2D eigenvalue weighted by Gasteiger charge is -2.34. The van der Waals surface area contributed by atoms with Gasteiger partial charge in [-0.05, 0) is 31.0 Å². The van der Waals surface area contributed by atoms with Crippen molar-refractivity contribution in [1.29, 1.82) is 5.26 Å². The van der Waals surface area contributed by atoms with Gasteiger partial charge in [0, 0.05) is 43.5 Å². The molecule has 0 N–H and O–H groups in total. The predicted molar refractivity (Wildman–Crippen MR) is 112 cm³/mol. The molecule has 4 rings (SSSR count). The summed E-state index contributed by atoms with van der Waals surface area (Å²) in [7, 11) is 0. The van der Waals surface area contributed by atoms with Crippen LogP contribution in [0, 0.1) is 23.7 Å². The average Bonchev–Trinajstić information content (AvgIpc) is 3.21. The van der Waals surface area contributed by atoms with Crippen LogP contribution in [0.4, 0.5) is 5.82 Å². The van der Waals surface area contributed by atoms with E-state index in [9.17, 15) is 10.1 Å². The van der Waals surface area contributed by atoms with E-state index in [0.717, 1.165) is 22.5 Å². The molecule has 1 fully saturated rings. The van der Waals surface area contributed by atoms with Crippen molar-refractivity contribution in [2.24, 2.45) is 0 Å². The lowest BCUT2D eigenvalue weighted by Crippen LogP contribution is -2.48. The van der Waals surface area contributed by atoms with Crippen molar-refractivity contribution in [3.05, 3.63) is 42.4 Å². The maximum atomic E-state index is 11.6. The van der Waals surface area contributed by atoms with Crippen LogP contribution in [0.25, 0.3) is 16.6 Å². The van der Waals surface area contributed by atoms with Crippen molar-refractivity contribution in [2.45, 2.75) is 6.92 Å². The first-order chi connectivity index (χ1) is 14.6. The van der Waals surface area contributed by atoms with Crippen molar-refractivity contribution in [3.63, 3.8) is 0 Å². The summed E-state index contributed by atoms with van der Waals surface area (Å²) < 4.78 is 7.32. The van der Waals surface area contributed by atoms with E-state index >= 15 is 0 Å². The Morgan fingerprint density at radius 1 is 1.27 bits per heavy atom. The third-order valence-corrected chi connectivity index (χ3v) is 5.09. The number of ether oxygens (including phenoxy) is 1. The minimum absolute atomic E-state index is 0.273. The SMILES string of the molecule is C#CC(=O)N1CCN(c2ccc(-c3cc(OCC)cn4ncc(C#N)c34)cn2)CC1. The molecule has 1 saturated heterocycles. The second-order valence-corrected chi connectivity index (χ2v) is 6.81. The molecule has 3 aromatic rings. The largest absolute Gasteiger partial charge is 0.492 e. The zero-order chi connectivity index (χ0) is 21.1. The number of carbonyl (C=O) groups excluding carboxylic acids is 1. The molecule has 0 radical (unpaired) electrons. The number of anilines is 1. The number of nitriles is 1. The number of fused-ring (bicyclic) bond motifs is 1. The molecule has 3 aromatic heterocycles. The van der Waals surface area contributed by atoms with Gasteiger partial charge < -0.3 is 14.5 Å². The Bertz CT molecular complexity index is 1160. The molecule has 1 aliphatic rings. The number of terminal acetylenes is 1. The second kappa shape index (κ2) is 8.14. The number of hydrogen-bond donors (Lipinski definition) is 0. The zero-order valence-corrected chi connectivity index (χ0v) is 16.6. The highest BCUT2D eigenvalue weighted by atomic mass is 16.5. The molecule has 1 aliphatic heterocycles. The Balaban J connectivity index is 1.63. The minimum Gasteiger partial charge on any atom is -0.492 e. The molecule has 0 bridgehead atoms. The standard InChI is InChI=1S/C22H20N6O2/c1-3-21(29)27-9-7-26(8-10-27)20-6-5-16(13-24-20)19-11-18(30-4-2)15-28-22(19)17(12-23)14-25-28/h1,5-6,11,13-15H,4,7-10H2,2H3. The van der Waals surface area contributed by atoms with Gasteiger partial charge >= 0.3 is 0 Å². The van der Waals surface area contributed by atoms with Gasteiger partial charge in [0.15, 0.2) is 0 Å². The highest BCUT2D eigenvalue weighted by Crippen LogP contribution is 2.31. The number of rotatable bonds is 4. The number of amides is 1. The van der Waals surface area contributed by atoms with Gasteiger partial charge in [0.25, 0.3) is 5.91 Å². The van der Waals surface area contributed by atoms with Crippen molar-refractivity contribution in [2.75, 3.05) is 37.7 Å². The first-order valence-electron chi connectivity index (χ1n) is 9.65. The average molecular weight is 400 g/mol. The molecule has 0 aliphatic carbocycles. The zero-order valence-electron chi connectivity index (χ0n) is 16.6. The predicted octanol–water partition coefficient (Wildman–Crippen LogP) is 1.95. The Labute approximate surface area is 174 Å². The fourth-order valence-corrected chi connectivity index (χ4v) is 3.61. The molecule has 0 spiro atoms. The van der Waals surface area contributed by atoms with E-state index in [2.05, 4.69) is 27.0 Å². The van der Waals surface area contributed by atoms with Gasteiger partial charge in [-0.25, -0.2) is 9.50 Å². The fraction of sp³-hybridized carbons (Fsp3) is 0.273. The highest BCUT2D eigenvalue weighted by molar-refractivity contribution is 5.93. The summed E-state index contributed by atoms with van der Waals surface area (Å²) in [6.07, 6.45) is 10.3. The molecule has 150 valence electrons. The number of nitrogens with zero attached hydrogens (tertiary/aromatic N) is 6. The summed E-state index contributed by atoms with van der Waals surface area (Å²) in [6, 6.07) is 8.02. The summed E-state index contributed by atoms with van der Waals surface area (Å²) in [5, 5.41) is 13.7. The van der Waals surface area contributed by atoms with Gasteiger partial charge in [0.2, 0.25) is 0 Å². The van der Waals surface area contributed by atoms with E-state index < -0.39 is 0 Å². The quantitative estimate of drug-likeness (QED) is 0.622. The van der Waals surface area contributed by atoms with E-state index in [1.54, 1.807) is 28.0 Å². The molecule has 0 unspecified atom stereocenters. The molecular weight excluding hydrogens is 380 g/mol. The molecule has 0 aromatic carbocycles. The summed E-state index contributed by atoms with van der Waals surface area (Å²) in [4.78, 5) is 20.0. The molecule has 0 saturated carbocycles. The van der Waals surface area contributed by atoms with E-state index in [0.29, 0.717) is 44.1 Å². The summed E-state index contributed by atoms with van der Waals surface area (Å²) in [5.41, 5.74) is 2.91. The molecule has 0 atom stereocenters. The van der Waals surface area contributed by atoms with Crippen molar-refractivity contribution >= 4 is 17.2 Å². The molecular formula is C22H20N6O2. The van der Waals surface area contributed by atoms with Crippen LogP contribution in [0.1, 0.15) is 12.5 Å². The summed E-state index contributed by atoms with van der Waals surface area (Å²) in [5.74, 6) is 3.39. The first kappa shape index (κ1) is 19.3. The van der Waals surface area contributed by atoms with E-state index in [4.69, 9.17) is 11.2 Å². The van der Waals surface area contributed by atoms with Crippen molar-refractivity contribution in [1.82, 2.24) is 19.5 Å². The van der Waals surface area contributed by atoms with Crippen molar-refractivity contribution < 1.29 is 9.53 Å². The number of aromatic nitrogens is 3. The van der Waals surface area contributed by atoms with Crippen LogP contribution in [0.5, 0.6) is 5.75 Å². The lowest BCUT2D eigenvalue weighted by atomic mass is 10.1. The molecule has 30 heavy (non-hydrogen) atoms. The maximum absolute atomic E-state index is 11.6. The topological polar surface area (TPSA) is 86.8 Å². The van der Waals surface area contributed by atoms with Crippen LogP contribution in [0.2, 0.25) is 0 Å². The van der Waals surface area contributed by atoms with Crippen LogP contribution < -0.4 is 9.64 Å². The fourth-order valence-electron chi connectivity index (χ4n) is 3.61. The Morgan fingerprint density at radius 3 is 2.70 bits per heavy atom. The van der Waals surface area contributed by atoms with Crippen LogP contribution >= 0.6 is 0 Å².